The molecule has 1 saturated heterocycles. The van der Waals surface area contributed by atoms with Crippen molar-refractivity contribution in [3.63, 3.8) is 0 Å². The predicted octanol–water partition coefficient (Wildman–Crippen LogP) is 1.14. The third-order valence-electron chi connectivity index (χ3n) is 2.90. The van der Waals surface area contributed by atoms with Gasteiger partial charge in [0.25, 0.3) is 0 Å². The van der Waals surface area contributed by atoms with Crippen molar-refractivity contribution in [1.29, 1.82) is 0 Å². The van der Waals surface area contributed by atoms with Crippen LogP contribution in [0, 0.1) is 5.92 Å². The molecule has 0 bridgehead atoms. The van der Waals surface area contributed by atoms with Crippen LogP contribution in [0.25, 0.3) is 0 Å². The predicted molar refractivity (Wildman–Crippen MR) is 69.3 cm³/mol. The summed E-state index contributed by atoms with van der Waals surface area (Å²) in [6.07, 6.45) is 0.828. The molecule has 0 atom stereocenters. The van der Waals surface area contributed by atoms with Crippen molar-refractivity contribution in [2.75, 3.05) is 19.6 Å². The Morgan fingerprint density at radius 3 is 2.94 bits per heavy atom. The van der Waals surface area contributed by atoms with E-state index in [1.165, 1.54) is 5.01 Å². The lowest BCUT2D eigenvalue weighted by molar-refractivity contribution is -0.126. The van der Waals surface area contributed by atoms with E-state index in [1.807, 2.05) is 0 Å². The summed E-state index contributed by atoms with van der Waals surface area (Å²) >= 11 is 1.70. The maximum absolute atomic E-state index is 11.6. The topological polar surface area (TPSA) is 54.0 Å². The summed E-state index contributed by atoms with van der Waals surface area (Å²) in [6.45, 7) is 6.62. The zero-order valence-electron chi connectivity index (χ0n) is 10.3. The molecule has 0 saturated carbocycles. The van der Waals surface area contributed by atoms with E-state index in [1.54, 1.807) is 11.3 Å². The Hall–Kier alpha value is -0.940. The van der Waals surface area contributed by atoms with Crippen LogP contribution in [0.3, 0.4) is 0 Å². The molecule has 94 valence electrons. The monoisotopic (exact) mass is 253 g/mol. The molecular weight excluding hydrogens is 234 g/mol. The molecular formula is C12H19N3OS. The quantitative estimate of drug-likeness (QED) is 0.827. The Labute approximate surface area is 106 Å². The van der Waals surface area contributed by atoms with Crippen molar-refractivity contribution in [1.82, 2.24) is 15.6 Å². The minimum atomic E-state index is 0.170. The Bertz CT molecular complexity index is 385. The first-order valence-electron chi connectivity index (χ1n) is 6.09. The molecule has 1 fully saturated rings. The SMILES string of the molecule is CC(C)c1nc(CCNC(=O)C2CNC2)cs1. The molecule has 5 heteroatoms. The number of rotatable bonds is 5. The van der Waals surface area contributed by atoms with E-state index in [2.05, 4.69) is 34.8 Å². The van der Waals surface area contributed by atoms with Crippen LogP contribution in [-0.2, 0) is 11.2 Å². The number of hydrogen-bond acceptors (Lipinski definition) is 4. The maximum Gasteiger partial charge on any atom is 0.225 e. The third kappa shape index (κ3) is 3.26. The molecule has 0 aliphatic carbocycles. The molecule has 0 spiro atoms. The van der Waals surface area contributed by atoms with Gasteiger partial charge in [-0.25, -0.2) is 4.98 Å². The largest absolute Gasteiger partial charge is 0.355 e. The summed E-state index contributed by atoms with van der Waals surface area (Å²) in [5.41, 5.74) is 1.09. The van der Waals surface area contributed by atoms with E-state index in [0.29, 0.717) is 12.5 Å². The molecule has 4 nitrogen and oxygen atoms in total. The lowest BCUT2D eigenvalue weighted by atomic mass is 10.0. The highest BCUT2D eigenvalue weighted by Crippen LogP contribution is 2.19. The second-order valence-corrected chi connectivity index (χ2v) is 5.62. The molecule has 1 aliphatic rings. The fraction of sp³-hybridized carbons (Fsp3) is 0.667. The molecule has 0 aromatic carbocycles. The molecule has 1 aromatic rings. The second kappa shape index (κ2) is 5.60. The van der Waals surface area contributed by atoms with Crippen LogP contribution >= 0.6 is 11.3 Å². The van der Waals surface area contributed by atoms with Gasteiger partial charge in [-0.2, -0.15) is 0 Å². The standard InChI is InChI=1S/C12H19N3OS/c1-8(2)12-15-10(7-17-12)3-4-14-11(16)9-5-13-6-9/h7-9,13H,3-6H2,1-2H3,(H,14,16). The van der Waals surface area contributed by atoms with Crippen molar-refractivity contribution in [2.45, 2.75) is 26.2 Å². The van der Waals surface area contributed by atoms with E-state index < -0.39 is 0 Å². The third-order valence-corrected chi connectivity index (χ3v) is 4.09. The Balaban J connectivity index is 1.71. The van der Waals surface area contributed by atoms with Crippen LogP contribution in [0.2, 0.25) is 0 Å². The van der Waals surface area contributed by atoms with Gasteiger partial charge in [-0.3, -0.25) is 4.79 Å². The smallest absolute Gasteiger partial charge is 0.225 e. The van der Waals surface area contributed by atoms with Crippen LogP contribution in [-0.4, -0.2) is 30.5 Å². The van der Waals surface area contributed by atoms with Crippen molar-refractivity contribution < 1.29 is 4.79 Å². The Kier molecular flexibility index (Phi) is 4.12. The molecule has 2 N–H and O–H groups in total. The minimum absolute atomic E-state index is 0.170. The fourth-order valence-electron chi connectivity index (χ4n) is 1.63. The summed E-state index contributed by atoms with van der Waals surface area (Å²) in [6, 6.07) is 0. The summed E-state index contributed by atoms with van der Waals surface area (Å²) in [5.74, 6) is 0.837. The molecule has 1 aliphatic heterocycles. The molecule has 2 heterocycles. The van der Waals surface area contributed by atoms with Gasteiger partial charge in [-0.15, -0.1) is 11.3 Å². The molecule has 1 amide bonds. The summed E-state index contributed by atoms with van der Waals surface area (Å²) in [4.78, 5) is 16.1. The van der Waals surface area contributed by atoms with Gasteiger partial charge in [-0.1, -0.05) is 13.8 Å². The summed E-state index contributed by atoms with van der Waals surface area (Å²) in [5, 5.41) is 9.32. The number of nitrogens with one attached hydrogen (secondary N) is 2. The van der Waals surface area contributed by atoms with Crippen LogP contribution in [0.5, 0.6) is 0 Å². The highest BCUT2D eigenvalue weighted by molar-refractivity contribution is 7.09. The summed E-state index contributed by atoms with van der Waals surface area (Å²) in [7, 11) is 0. The van der Waals surface area contributed by atoms with Crippen LogP contribution in [0.4, 0.5) is 0 Å². The van der Waals surface area contributed by atoms with E-state index in [9.17, 15) is 4.79 Å². The van der Waals surface area contributed by atoms with Crippen molar-refractivity contribution in [3.8, 4) is 0 Å². The van der Waals surface area contributed by atoms with Gasteiger partial charge < -0.3 is 10.6 Å². The average molecular weight is 253 g/mol. The first-order chi connectivity index (χ1) is 8.16. The zero-order valence-corrected chi connectivity index (χ0v) is 11.1. The van der Waals surface area contributed by atoms with Gasteiger partial charge in [0.1, 0.15) is 0 Å². The average Bonchev–Trinajstić information content (AvgIpc) is 2.63. The van der Waals surface area contributed by atoms with Crippen molar-refractivity contribution in [2.24, 2.45) is 5.92 Å². The highest BCUT2D eigenvalue weighted by atomic mass is 32.1. The van der Waals surface area contributed by atoms with E-state index in [-0.39, 0.29) is 11.8 Å². The van der Waals surface area contributed by atoms with Crippen molar-refractivity contribution in [3.05, 3.63) is 16.1 Å². The van der Waals surface area contributed by atoms with Crippen LogP contribution < -0.4 is 10.6 Å². The maximum atomic E-state index is 11.6. The highest BCUT2D eigenvalue weighted by Gasteiger charge is 2.24. The fourth-order valence-corrected chi connectivity index (χ4v) is 2.50. The number of carbonyl (C=O) groups is 1. The lowest BCUT2D eigenvalue weighted by Crippen LogP contribution is -2.51. The lowest BCUT2D eigenvalue weighted by Gasteiger charge is -2.25. The summed E-state index contributed by atoms with van der Waals surface area (Å²) < 4.78 is 0. The first kappa shape index (κ1) is 12.5. The van der Waals surface area contributed by atoms with Crippen LogP contribution in [0.15, 0.2) is 5.38 Å². The van der Waals surface area contributed by atoms with E-state index >= 15 is 0 Å². The van der Waals surface area contributed by atoms with Gasteiger partial charge in [0.2, 0.25) is 5.91 Å². The zero-order chi connectivity index (χ0) is 12.3. The molecule has 17 heavy (non-hydrogen) atoms. The van der Waals surface area contributed by atoms with Gasteiger partial charge in [0, 0.05) is 37.4 Å². The van der Waals surface area contributed by atoms with Gasteiger partial charge in [-0.05, 0) is 0 Å². The van der Waals surface area contributed by atoms with Gasteiger partial charge in [0.05, 0.1) is 16.6 Å². The number of thiazole rings is 1. The van der Waals surface area contributed by atoms with E-state index in [0.717, 1.165) is 25.2 Å². The Morgan fingerprint density at radius 2 is 2.41 bits per heavy atom. The van der Waals surface area contributed by atoms with Gasteiger partial charge >= 0.3 is 0 Å². The van der Waals surface area contributed by atoms with E-state index in [4.69, 9.17) is 0 Å². The number of nitrogens with zero attached hydrogens (tertiary/aromatic N) is 1. The number of carbonyl (C=O) groups excluding carboxylic acids is 1. The van der Waals surface area contributed by atoms with Crippen LogP contribution in [0.1, 0.15) is 30.5 Å². The normalized spacial score (nSPS) is 15.9. The number of aromatic nitrogens is 1. The molecule has 2 rings (SSSR count). The molecule has 0 unspecified atom stereocenters. The molecule has 0 radical (unpaired) electrons. The van der Waals surface area contributed by atoms with Gasteiger partial charge in [0.15, 0.2) is 0 Å². The number of amides is 1. The Morgan fingerprint density at radius 1 is 1.65 bits per heavy atom. The molecule has 1 aromatic heterocycles. The first-order valence-corrected chi connectivity index (χ1v) is 6.97. The number of hydrogen-bond donors (Lipinski definition) is 2. The minimum Gasteiger partial charge on any atom is -0.355 e. The second-order valence-electron chi connectivity index (χ2n) is 4.73. The van der Waals surface area contributed by atoms with Crippen molar-refractivity contribution >= 4 is 17.2 Å².